The Morgan fingerprint density at radius 2 is 1.91 bits per heavy atom. The van der Waals surface area contributed by atoms with Crippen LogP contribution in [0.1, 0.15) is 25.2 Å². The molecule has 2 aromatic heterocycles. The summed E-state index contributed by atoms with van der Waals surface area (Å²) >= 11 is 5.35. The molecular weight excluding hydrogens is 424 g/mol. The van der Waals surface area contributed by atoms with Crippen LogP contribution in [0, 0.1) is 4.77 Å². The Kier molecular flexibility index (Phi) is 6.46. The summed E-state index contributed by atoms with van der Waals surface area (Å²) in [5.74, 6) is 1.86. The van der Waals surface area contributed by atoms with Crippen LogP contribution in [0.5, 0.6) is 5.75 Å². The van der Waals surface area contributed by atoms with E-state index in [2.05, 4.69) is 25.5 Å². The zero-order valence-electron chi connectivity index (χ0n) is 17.8. The molecular formula is C23H24N6O2S. The van der Waals surface area contributed by atoms with Crippen LogP contribution in [0.3, 0.4) is 0 Å². The van der Waals surface area contributed by atoms with Crippen LogP contribution < -0.4 is 10.1 Å². The summed E-state index contributed by atoms with van der Waals surface area (Å²) in [6.45, 7) is 2.04. The molecule has 0 aliphatic rings. The molecule has 164 valence electrons. The van der Waals surface area contributed by atoms with Gasteiger partial charge in [0.15, 0.2) is 10.6 Å². The molecule has 2 aromatic carbocycles. The molecule has 9 heteroatoms. The smallest absolute Gasteiger partial charge is 0.240 e. The van der Waals surface area contributed by atoms with Crippen LogP contribution >= 0.6 is 12.2 Å². The SMILES string of the molecule is CCC(NC(=O)Cn1c(-c2ccc(OC)cc2)n[nH]c1=S)c1ncc(-c2ccccc2)[nH]1. The number of nitrogens with one attached hydrogen (secondary N) is 3. The van der Waals surface area contributed by atoms with Gasteiger partial charge in [0.1, 0.15) is 18.1 Å². The number of amides is 1. The van der Waals surface area contributed by atoms with Gasteiger partial charge in [-0.25, -0.2) is 4.98 Å². The van der Waals surface area contributed by atoms with Gasteiger partial charge in [-0.2, -0.15) is 5.10 Å². The minimum absolute atomic E-state index is 0.0411. The molecule has 2 heterocycles. The molecule has 1 unspecified atom stereocenters. The quantitative estimate of drug-likeness (QED) is 0.350. The highest BCUT2D eigenvalue weighted by molar-refractivity contribution is 7.71. The molecule has 4 rings (SSSR count). The first-order valence-electron chi connectivity index (χ1n) is 10.3. The minimum Gasteiger partial charge on any atom is -0.497 e. The van der Waals surface area contributed by atoms with Crippen LogP contribution in [-0.4, -0.2) is 37.7 Å². The predicted molar refractivity (Wildman–Crippen MR) is 125 cm³/mol. The summed E-state index contributed by atoms with van der Waals surface area (Å²) in [5.41, 5.74) is 2.78. The molecule has 0 saturated carbocycles. The number of imidazole rings is 1. The Morgan fingerprint density at radius 1 is 1.16 bits per heavy atom. The van der Waals surface area contributed by atoms with Crippen LogP contribution in [-0.2, 0) is 11.3 Å². The molecule has 0 saturated heterocycles. The number of hydrogen-bond donors (Lipinski definition) is 3. The van der Waals surface area contributed by atoms with Crippen molar-refractivity contribution in [2.75, 3.05) is 7.11 Å². The number of carbonyl (C=O) groups excluding carboxylic acids is 1. The Labute approximate surface area is 190 Å². The number of methoxy groups -OCH3 is 1. The fourth-order valence-electron chi connectivity index (χ4n) is 3.45. The standard InChI is InChI=1S/C23H24N6O2S/c1-3-18(21-24-13-19(26-21)15-7-5-4-6-8-15)25-20(30)14-29-22(27-28-23(29)32)16-9-11-17(31-2)12-10-16/h4-13,18H,3,14H2,1-2H3,(H,24,26)(H,25,30)(H,28,32). The molecule has 1 atom stereocenters. The number of hydrogen-bond acceptors (Lipinski definition) is 5. The maximum absolute atomic E-state index is 12.9. The van der Waals surface area contributed by atoms with Gasteiger partial charge in [-0.15, -0.1) is 0 Å². The van der Waals surface area contributed by atoms with Crippen LogP contribution in [0.25, 0.3) is 22.6 Å². The number of aromatic nitrogens is 5. The molecule has 0 aliphatic heterocycles. The second-order valence-electron chi connectivity index (χ2n) is 7.24. The highest BCUT2D eigenvalue weighted by atomic mass is 32.1. The lowest BCUT2D eigenvalue weighted by atomic mass is 10.2. The van der Waals surface area contributed by atoms with E-state index in [4.69, 9.17) is 17.0 Å². The van der Waals surface area contributed by atoms with Crippen LogP contribution in [0.15, 0.2) is 60.8 Å². The number of ether oxygens (including phenoxy) is 1. The fourth-order valence-corrected chi connectivity index (χ4v) is 3.65. The molecule has 32 heavy (non-hydrogen) atoms. The Bertz CT molecular complexity index is 1240. The first kappa shape index (κ1) is 21.5. The van der Waals surface area contributed by atoms with Crippen molar-refractivity contribution in [3.63, 3.8) is 0 Å². The third-order valence-corrected chi connectivity index (χ3v) is 5.47. The van der Waals surface area contributed by atoms with Crippen molar-refractivity contribution in [2.24, 2.45) is 0 Å². The molecule has 0 spiro atoms. The van der Waals surface area contributed by atoms with Gasteiger partial charge in [0, 0.05) is 5.56 Å². The number of aromatic amines is 2. The molecule has 3 N–H and O–H groups in total. The topological polar surface area (TPSA) is 101 Å². The lowest BCUT2D eigenvalue weighted by Crippen LogP contribution is -2.32. The van der Waals surface area contributed by atoms with Gasteiger partial charge in [-0.05, 0) is 48.5 Å². The van der Waals surface area contributed by atoms with Crippen molar-refractivity contribution < 1.29 is 9.53 Å². The van der Waals surface area contributed by atoms with Crippen molar-refractivity contribution in [1.82, 2.24) is 30.0 Å². The number of carbonyl (C=O) groups is 1. The van der Waals surface area contributed by atoms with Crippen LogP contribution in [0.4, 0.5) is 0 Å². The third kappa shape index (κ3) is 4.62. The largest absolute Gasteiger partial charge is 0.497 e. The Balaban J connectivity index is 1.49. The summed E-state index contributed by atoms with van der Waals surface area (Å²) in [5, 5.41) is 10.1. The maximum Gasteiger partial charge on any atom is 0.240 e. The van der Waals surface area contributed by atoms with Gasteiger partial charge < -0.3 is 15.0 Å². The van der Waals surface area contributed by atoms with Crippen molar-refractivity contribution in [1.29, 1.82) is 0 Å². The zero-order chi connectivity index (χ0) is 22.5. The van der Waals surface area contributed by atoms with E-state index in [9.17, 15) is 4.79 Å². The lowest BCUT2D eigenvalue weighted by Gasteiger charge is -2.15. The summed E-state index contributed by atoms with van der Waals surface area (Å²) in [6.07, 6.45) is 2.48. The van der Waals surface area contributed by atoms with Gasteiger partial charge in [0.2, 0.25) is 5.91 Å². The summed E-state index contributed by atoms with van der Waals surface area (Å²) in [6, 6.07) is 17.1. The van der Waals surface area contributed by atoms with Gasteiger partial charge in [0.05, 0.1) is 25.0 Å². The number of rotatable bonds is 8. The van der Waals surface area contributed by atoms with Gasteiger partial charge >= 0.3 is 0 Å². The van der Waals surface area contributed by atoms with Gasteiger partial charge in [-0.1, -0.05) is 37.3 Å². The van der Waals surface area contributed by atoms with E-state index in [1.165, 1.54) is 0 Å². The molecule has 1 amide bonds. The molecule has 8 nitrogen and oxygen atoms in total. The average Bonchev–Trinajstić information content (AvgIpc) is 3.46. The third-order valence-electron chi connectivity index (χ3n) is 5.16. The Morgan fingerprint density at radius 3 is 2.59 bits per heavy atom. The average molecular weight is 449 g/mol. The van der Waals surface area contributed by atoms with E-state index >= 15 is 0 Å². The van der Waals surface area contributed by atoms with Gasteiger partial charge in [-0.3, -0.25) is 14.5 Å². The summed E-state index contributed by atoms with van der Waals surface area (Å²) in [4.78, 5) is 20.7. The van der Waals surface area contributed by atoms with E-state index in [1.807, 2.05) is 61.5 Å². The highest BCUT2D eigenvalue weighted by Crippen LogP contribution is 2.22. The normalized spacial score (nSPS) is 11.8. The Hall–Kier alpha value is -3.72. The first-order valence-corrected chi connectivity index (χ1v) is 10.7. The second-order valence-corrected chi connectivity index (χ2v) is 7.63. The lowest BCUT2D eigenvalue weighted by molar-refractivity contribution is -0.122. The second kappa shape index (κ2) is 9.61. The number of H-pyrrole nitrogens is 2. The van der Waals surface area contributed by atoms with Gasteiger partial charge in [0.25, 0.3) is 0 Å². The van der Waals surface area contributed by atoms with E-state index < -0.39 is 0 Å². The first-order chi connectivity index (χ1) is 15.6. The zero-order valence-corrected chi connectivity index (χ0v) is 18.6. The van der Waals surface area contributed by atoms with Crippen molar-refractivity contribution in [3.8, 4) is 28.4 Å². The van der Waals surface area contributed by atoms with Crippen molar-refractivity contribution in [3.05, 3.63) is 71.4 Å². The predicted octanol–water partition coefficient (Wildman–Crippen LogP) is 4.27. The van der Waals surface area contributed by atoms with E-state index in [0.29, 0.717) is 22.8 Å². The molecule has 0 bridgehead atoms. The highest BCUT2D eigenvalue weighted by Gasteiger charge is 2.19. The number of benzene rings is 2. The van der Waals surface area contributed by atoms with Crippen LogP contribution in [0.2, 0.25) is 0 Å². The summed E-state index contributed by atoms with van der Waals surface area (Å²) < 4.78 is 7.26. The molecule has 0 radical (unpaired) electrons. The summed E-state index contributed by atoms with van der Waals surface area (Å²) in [7, 11) is 1.61. The van der Waals surface area contributed by atoms with E-state index in [-0.39, 0.29) is 18.5 Å². The molecule has 0 aliphatic carbocycles. The maximum atomic E-state index is 12.9. The van der Waals surface area contributed by atoms with E-state index in [1.54, 1.807) is 17.9 Å². The van der Waals surface area contributed by atoms with Crippen molar-refractivity contribution >= 4 is 18.1 Å². The molecule has 4 aromatic rings. The van der Waals surface area contributed by atoms with Crippen molar-refractivity contribution in [2.45, 2.75) is 25.9 Å². The molecule has 0 fully saturated rings. The number of nitrogens with zero attached hydrogens (tertiary/aromatic N) is 3. The van der Waals surface area contributed by atoms with E-state index in [0.717, 1.165) is 22.6 Å². The monoisotopic (exact) mass is 448 g/mol. The fraction of sp³-hybridized carbons (Fsp3) is 0.217. The minimum atomic E-state index is -0.245.